The second kappa shape index (κ2) is 4.59. The quantitative estimate of drug-likeness (QED) is 0.681. The summed E-state index contributed by atoms with van der Waals surface area (Å²) in [6, 6.07) is 1.63. The zero-order chi connectivity index (χ0) is 10.1. The molecule has 82 valence electrons. The van der Waals surface area contributed by atoms with Crippen LogP contribution >= 0.6 is 23.2 Å². The summed E-state index contributed by atoms with van der Waals surface area (Å²) in [7, 11) is 2.27. The molecule has 0 spiro atoms. The molecule has 0 aliphatic carbocycles. The van der Waals surface area contributed by atoms with Gasteiger partial charge in [-0.15, -0.1) is 23.2 Å². The van der Waals surface area contributed by atoms with E-state index in [0.29, 0.717) is 5.92 Å². The van der Waals surface area contributed by atoms with Gasteiger partial charge in [0.2, 0.25) is 0 Å². The first-order valence-electron chi connectivity index (χ1n) is 5.60. The van der Waals surface area contributed by atoms with Gasteiger partial charge in [-0.1, -0.05) is 0 Å². The second-order valence-corrected chi connectivity index (χ2v) is 5.47. The lowest BCUT2D eigenvalue weighted by molar-refractivity contribution is 0.113. The first-order valence-corrected chi connectivity index (χ1v) is 6.67. The molecule has 0 aromatic rings. The summed E-state index contributed by atoms with van der Waals surface area (Å²) < 4.78 is 0. The SMILES string of the molecule is CN1C2CCC1CC(C(CCl)CCl)C2. The highest BCUT2D eigenvalue weighted by Gasteiger charge is 2.40. The zero-order valence-corrected chi connectivity index (χ0v) is 10.3. The van der Waals surface area contributed by atoms with Crippen molar-refractivity contribution in [2.45, 2.75) is 37.8 Å². The Labute approximate surface area is 96.7 Å². The Hall–Kier alpha value is 0.540. The maximum absolute atomic E-state index is 5.96. The summed E-state index contributed by atoms with van der Waals surface area (Å²) in [5.74, 6) is 2.78. The van der Waals surface area contributed by atoms with Gasteiger partial charge >= 0.3 is 0 Å². The lowest BCUT2D eigenvalue weighted by Crippen LogP contribution is -2.42. The van der Waals surface area contributed by atoms with Gasteiger partial charge in [0.05, 0.1) is 0 Å². The third-order valence-electron chi connectivity index (χ3n) is 4.20. The van der Waals surface area contributed by atoms with Gasteiger partial charge in [0.1, 0.15) is 0 Å². The molecule has 2 bridgehead atoms. The van der Waals surface area contributed by atoms with E-state index in [4.69, 9.17) is 23.2 Å². The number of hydrogen-bond donors (Lipinski definition) is 0. The van der Waals surface area contributed by atoms with E-state index in [1.165, 1.54) is 25.7 Å². The number of hydrogen-bond acceptors (Lipinski definition) is 1. The minimum atomic E-state index is 0.537. The van der Waals surface area contributed by atoms with E-state index in [0.717, 1.165) is 29.8 Å². The fourth-order valence-electron chi connectivity index (χ4n) is 3.13. The van der Waals surface area contributed by atoms with Gasteiger partial charge in [-0.2, -0.15) is 0 Å². The Morgan fingerprint density at radius 1 is 1.14 bits per heavy atom. The first-order chi connectivity index (χ1) is 6.76. The molecule has 0 N–H and O–H groups in total. The van der Waals surface area contributed by atoms with Crippen LogP contribution in [0, 0.1) is 11.8 Å². The average Bonchev–Trinajstić information content (AvgIpc) is 2.42. The van der Waals surface area contributed by atoms with Gasteiger partial charge in [0.25, 0.3) is 0 Å². The molecule has 2 atom stereocenters. The van der Waals surface area contributed by atoms with E-state index in [1.54, 1.807) is 0 Å². The molecule has 0 radical (unpaired) electrons. The van der Waals surface area contributed by atoms with E-state index in [-0.39, 0.29) is 0 Å². The fraction of sp³-hybridized carbons (Fsp3) is 1.00. The molecule has 2 aliphatic heterocycles. The van der Waals surface area contributed by atoms with Crippen molar-refractivity contribution >= 4 is 23.2 Å². The Balaban J connectivity index is 1.98. The van der Waals surface area contributed by atoms with Crippen molar-refractivity contribution in [1.29, 1.82) is 0 Å². The van der Waals surface area contributed by atoms with Crippen molar-refractivity contribution in [1.82, 2.24) is 4.90 Å². The minimum absolute atomic E-state index is 0.537. The molecule has 2 rings (SSSR count). The van der Waals surface area contributed by atoms with Crippen molar-refractivity contribution < 1.29 is 0 Å². The predicted octanol–water partition coefficient (Wildman–Crippen LogP) is 2.95. The summed E-state index contributed by atoms with van der Waals surface area (Å²) in [4.78, 5) is 2.57. The van der Waals surface area contributed by atoms with Gasteiger partial charge in [0.15, 0.2) is 0 Å². The molecule has 14 heavy (non-hydrogen) atoms. The number of piperidine rings is 1. The van der Waals surface area contributed by atoms with Crippen LogP contribution in [0.2, 0.25) is 0 Å². The Kier molecular flexibility index (Phi) is 3.62. The third kappa shape index (κ3) is 1.91. The molecule has 0 amide bonds. The van der Waals surface area contributed by atoms with Crippen molar-refractivity contribution in [3.63, 3.8) is 0 Å². The molecule has 3 heteroatoms. The molecule has 2 saturated heterocycles. The standard InChI is InChI=1S/C11H19Cl2N/c1-14-10-2-3-11(14)5-8(4-10)9(6-12)7-13/h8-11H,2-7H2,1H3. The summed E-state index contributed by atoms with van der Waals surface area (Å²) in [6.07, 6.45) is 5.40. The van der Waals surface area contributed by atoms with Crippen LogP contribution in [0.15, 0.2) is 0 Å². The molecule has 2 unspecified atom stereocenters. The average molecular weight is 236 g/mol. The highest BCUT2D eigenvalue weighted by Crippen LogP contribution is 2.40. The number of alkyl halides is 2. The van der Waals surface area contributed by atoms with Crippen LogP contribution in [0.1, 0.15) is 25.7 Å². The summed E-state index contributed by atoms with van der Waals surface area (Å²) in [5.41, 5.74) is 0. The van der Waals surface area contributed by atoms with Crippen LogP contribution in [0.25, 0.3) is 0 Å². The Morgan fingerprint density at radius 2 is 1.64 bits per heavy atom. The van der Waals surface area contributed by atoms with Gasteiger partial charge in [-0.3, -0.25) is 0 Å². The molecule has 2 aliphatic rings. The number of rotatable bonds is 3. The van der Waals surface area contributed by atoms with E-state index in [2.05, 4.69) is 11.9 Å². The molecule has 1 nitrogen and oxygen atoms in total. The normalized spacial score (nSPS) is 38.1. The van der Waals surface area contributed by atoms with Crippen LogP contribution in [-0.4, -0.2) is 35.8 Å². The maximum atomic E-state index is 5.96. The predicted molar refractivity (Wildman–Crippen MR) is 62.2 cm³/mol. The molecule has 2 fully saturated rings. The highest BCUT2D eigenvalue weighted by atomic mass is 35.5. The highest BCUT2D eigenvalue weighted by molar-refractivity contribution is 6.20. The van der Waals surface area contributed by atoms with Crippen molar-refractivity contribution in [2.24, 2.45) is 11.8 Å². The smallest absolute Gasteiger partial charge is 0.0265 e. The molecular formula is C11H19Cl2N. The van der Waals surface area contributed by atoms with Gasteiger partial charge < -0.3 is 4.90 Å². The van der Waals surface area contributed by atoms with Crippen LogP contribution < -0.4 is 0 Å². The topological polar surface area (TPSA) is 3.24 Å². The minimum Gasteiger partial charge on any atom is -0.300 e. The second-order valence-electron chi connectivity index (χ2n) is 4.85. The monoisotopic (exact) mass is 235 g/mol. The zero-order valence-electron chi connectivity index (χ0n) is 8.76. The number of nitrogens with zero attached hydrogens (tertiary/aromatic N) is 1. The summed E-state index contributed by atoms with van der Waals surface area (Å²) >= 11 is 11.9. The van der Waals surface area contributed by atoms with E-state index < -0.39 is 0 Å². The van der Waals surface area contributed by atoms with Crippen LogP contribution in [0.3, 0.4) is 0 Å². The van der Waals surface area contributed by atoms with Crippen LogP contribution in [0.5, 0.6) is 0 Å². The lowest BCUT2D eigenvalue weighted by Gasteiger charge is -2.39. The Bertz CT molecular complexity index is 180. The van der Waals surface area contributed by atoms with Gasteiger partial charge in [-0.05, 0) is 44.6 Å². The molecule has 0 aromatic heterocycles. The summed E-state index contributed by atoms with van der Waals surface area (Å²) in [5, 5.41) is 0. The molecule has 2 heterocycles. The van der Waals surface area contributed by atoms with E-state index in [9.17, 15) is 0 Å². The lowest BCUT2D eigenvalue weighted by atomic mass is 9.83. The Morgan fingerprint density at radius 3 is 2.07 bits per heavy atom. The third-order valence-corrected chi connectivity index (χ3v) is 4.99. The largest absolute Gasteiger partial charge is 0.300 e. The van der Waals surface area contributed by atoms with Crippen molar-refractivity contribution in [2.75, 3.05) is 18.8 Å². The fourth-order valence-corrected chi connectivity index (χ4v) is 3.97. The van der Waals surface area contributed by atoms with Crippen LogP contribution in [-0.2, 0) is 0 Å². The molecular weight excluding hydrogens is 217 g/mol. The summed E-state index contributed by atoms with van der Waals surface area (Å²) in [6.45, 7) is 0. The number of fused-ring (bicyclic) bond motifs is 2. The van der Waals surface area contributed by atoms with Crippen LogP contribution in [0.4, 0.5) is 0 Å². The van der Waals surface area contributed by atoms with Crippen molar-refractivity contribution in [3.05, 3.63) is 0 Å². The van der Waals surface area contributed by atoms with E-state index in [1.807, 2.05) is 0 Å². The first kappa shape index (κ1) is 11.0. The number of halogens is 2. The maximum Gasteiger partial charge on any atom is 0.0265 e. The van der Waals surface area contributed by atoms with Gasteiger partial charge in [-0.25, -0.2) is 0 Å². The van der Waals surface area contributed by atoms with Crippen molar-refractivity contribution in [3.8, 4) is 0 Å². The van der Waals surface area contributed by atoms with Gasteiger partial charge in [0, 0.05) is 23.8 Å². The van der Waals surface area contributed by atoms with E-state index >= 15 is 0 Å². The molecule has 0 saturated carbocycles. The molecule has 0 aromatic carbocycles.